The van der Waals surface area contributed by atoms with Crippen LogP contribution in [0, 0.1) is 5.92 Å². The van der Waals surface area contributed by atoms with E-state index < -0.39 is 0 Å². The molecule has 0 saturated carbocycles. The highest BCUT2D eigenvalue weighted by molar-refractivity contribution is 5.17. The van der Waals surface area contributed by atoms with Crippen LogP contribution in [0.3, 0.4) is 0 Å². The number of benzene rings is 1. The lowest BCUT2D eigenvalue weighted by Gasteiger charge is -2.31. The van der Waals surface area contributed by atoms with Crippen molar-refractivity contribution in [1.82, 2.24) is 10.6 Å². The van der Waals surface area contributed by atoms with Crippen LogP contribution in [0.1, 0.15) is 32.3 Å². The molecule has 0 amide bonds. The Balaban J connectivity index is 1.79. The van der Waals surface area contributed by atoms with Gasteiger partial charge in [0, 0.05) is 5.54 Å². The first-order valence-electron chi connectivity index (χ1n) is 7.15. The third kappa shape index (κ3) is 4.43. The lowest BCUT2D eigenvalue weighted by molar-refractivity contribution is 0.304. The molecule has 1 aliphatic rings. The van der Waals surface area contributed by atoms with E-state index in [1.807, 2.05) is 0 Å². The summed E-state index contributed by atoms with van der Waals surface area (Å²) >= 11 is 0. The van der Waals surface area contributed by atoms with Crippen LogP contribution < -0.4 is 10.6 Å². The number of rotatable bonds is 5. The third-order valence-corrected chi connectivity index (χ3v) is 3.76. The fraction of sp³-hybridized carbons (Fsp3) is 0.625. The van der Waals surface area contributed by atoms with Gasteiger partial charge in [-0.15, -0.1) is 0 Å². The summed E-state index contributed by atoms with van der Waals surface area (Å²) in [5.41, 5.74) is 1.59. The molecule has 0 bridgehead atoms. The van der Waals surface area contributed by atoms with Crippen LogP contribution in [0.4, 0.5) is 0 Å². The summed E-state index contributed by atoms with van der Waals surface area (Å²) in [6.45, 7) is 8.11. The van der Waals surface area contributed by atoms with Crippen LogP contribution in [-0.4, -0.2) is 25.2 Å². The molecule has 1 aromatic carbocycles. The van der Waals surface area contributed by atoms with Crippen LogP contribution in [0.2, 0.25) is 0 Å². The Labute approximate surface area is 111 Å². The first kappa shape index (κ1) is 13.6. The molecule has 0 radical (unpaired) electrons. The summed E-state index contributed by atoms with van der Waals surface area (Å²) in [7, 11) is 0. The highest BCUT2D eigenvalue weighted by atomic mass is 15.0. The van der Waals surface area contributed by atoms with Crippen molar-refractivity contribution in [3.8, 4) is 0 Å². The fourth-order valence-corrected chi connectivity index (χ4v) is 2.69. The highest BCUT2D eigenvalue weighted by Gasteiger charge is 2.20. The van der Waals surface area contributed by atoms with E-state index in [1.54, 1.807) is 0 Å². The molecule has 2 nitrogen and oxygen atoms in total. The van der Waals surface area contributed by atoms with Crippen LogP contribution in [0.15, 0.2) is 30.3 Å². The van der Waals surface area contributed by atoms with E-state index in [2.05, 4.69) is 54.8 Å². The van der Waals surface area contributed by atoms with Crippen LogP contribution in [0.5, 0.6) is 0 Å². The zero-order chi connectivity index (χ0) is 12.8. The van der Waals surface area contributed by atoms with E-state index in [9.17, 15) is 0 Å². The lowest BCUT2D eigenvalue weighted by atomic mass is 9.93. The van der Waals surface area contributed by atoms with Crippen LogP contribution in [-0.2, 0) is 6.42 Å². The Morgan fingerprint density at radius 3 is 2.72 bits per heavy atom. The molecule has 1 heterocycles. The molecule has 2 N–H and O–H groups in total. The Kier molecular flexibility index (Phi) is 4.79. The number of piperidine rings is 1. The Morgan fingerprint density at radius 1 is 1.28 bits per heavy atom. The van der Waals surface area contributed by atoms with E-state index in [0.717, 1.165) is 18.9 Å². The first-order valence-corrected chi connectivity index (χ1v) is 7.15. The summed E-state index contributed by atoms with van der Waals surface area (Å²) in [5, 5.41) is 7.22. The lowest BCUT2D eigenvalue weighted by Crippen LogP contribution is -2.46. The van der Waals surface area contributed by atoms with Gasteiger partial charge < -0.3 is 10.6 Å². The number of nitrogens with one attached hydrogen (secondary N) is 2. The summed E-state index contributed by atoms with van der Waals surface area (Å²) in [6.07, 6.45) is 3.78. The molecule has 1 aromatic rings. The van der Waals surface area contributed by atoms with Crippen molar-refractivity contribution < 1.29 is 0 Å². The van der Waals surface area contributed by atoms with E-state index in [4.69, 9.17) is 0 Å². The van der Waals surface area contributed by atoms with Gasteiger partial charge in [-0.3, -0.25) is 0 Å². The standard InChI is InChI=1S/C16H26N2/c1-16(2,11-14-7-4-3-5-8-14)18-13-15-9-6-10-17-12-15/h3-5,7-8,15,17-18H,6,9-13H2,1-2H3. The summed E-state index contributed by atoms with van der Waals surface area (Å²) in [4.78, 5) is 0. The Bertz CT molecular complexity index is 339. The van der Waals surface area contributed by atoms with E-state index in [-0.39, 0.29) is 5.54 Å². The number of hydrogen-bond acceptors (Lipinski definition) is 2. The largest absolute Gasteiger partial charge is 0.316 e. The maximum Gasteiger partial charge on any atom is 0.0165 e. The van der Waals surface area contributed by atoms with Crippen molar-refractivity contribution in [2.75, 3.05) is 19.6 Å². The zero-order valence-electron chi connectivity index (χ0n) is 11.7. The molecule has 0 aromatic heterocycles. The van der Waals surface area contributed by atoms with Gasteiger partial charge in [0.15, 0.2) is 0 Å². The van der Waals surface area contributed by atoms with Gasteiger partial charge in [-0.05, 0) is 64.2 Å². The van der Waals surface area contributed by atoms with Gasteiger partial charge in [-0.25, -0.2) is 0 Å². The van der Waals surface area contributed by atoms with Crippen molar-refractivity contribution in [1.29, 1.82) is 0 Å². The van der Waals surface area contributed by atoms with Gasteiger partial charge >= 0.3 is 0 Å². The van der Waals surface area contributed by atoms with Gasteiger partial charge in [-0.1, -0.05) is 30.3 Å². The molecule has 100 valence electrons. The molecule has 1 aliphatic heterocycles. The fourth-order valence-electron chi connectivity index (χ4n) is 2.69. The second-order valence-electron chi connectivity index (χ2n) is 6.14. The quantitative estimate of drug-likeness (QED) is 0.834. The second-order valence-corrected chi connectivity index (χ2v) is 6.14. The van der Waals surface area contributed by atoms with E-state index in [0.29, 0.717) is 0 Å². The molecular weight excluding hydrogens is 220 g/mol. The predicted molar refractivity (Wildman–Crippen MR) is 77.8 cm³/mol. The zero-order valence-corrected chi connectivity index (χ0v) is 11.7. The van der Waals surface area contributed by atoms with Gasteiger partial charge in [-0.2, -0.15) is 0 Å². The minimum Gasteiger partial charge on any atom is -0.316 e. The second kappa shape index (κ2) is 6.35. The molecule has 1 atom stereocenters. The molecular formula is C16H26N2. The maximum absolute atomic E-state index is 3.74. The predicted octanol–water partition coefficient (Wildman–Crippen LogP) is 2.60. The molecule has 2 heteroatoms. The third-order valence-electron chi connectivity index (χ3n) is 3.76. The van der Waals surface area contributed by atoms with Crippen LogP contribution >= 0.6 is 0 Å². The van der Waals surface area contributed by atoms with Gasteiger partial charge in [0.2, 0.25) is 0 Å². The van der Waals surface area contributed by atoms with Crippen molar-refractivity contribution >= 4 is 0 Å². The molecule has 1 fully saturated rings. The Morgan fingerprint density at radius 2 is 2.06 bits per heavy atom. The monoisotopic (exact) mass is 246 g/mol. The number of hydrogen-bond donors (Lipinski definition) is 2. The van der Waals surface area contributed by atoms with Crippen molar-refractivity contribution in [3.05, 3.63) is 35.9 Å². The molecule has 1 unspecified atom stereocenters. The summed E-state index contributed by atoms with van der Waals surface area (Å²) in [5.74, 6) is 0.800. The molecule has 1 saturated heterocycles. The van der Waals surface area contributed by atoms with Gasteiger partial charge in [0.05, 0.1) is 0 Å². The van der Waals surface area contributed by atoms with Crippen molar-refractivity contribution in [2.24, 2.45) is 5.92 Å². The average Bonchev–Trinajstić information content (AvgIpc) is 2.38. The minimum absolute atomic E-state index is 0.179. The smallest absolute Gasteiger partial charge is 0.0165 e. The highest BCUT2D eigenvalue weighted by Crippen LogP contribution is 2.15. The Hall–Kier alpha value is -0.860. The molecule has 0 spiro atoms. The molecule has 18 heavy (non-hydrogen) atoms. The van der Waals surface area contributed by atoms with Gasteiger partial charge in [0.1, 0.15) is 0 Å². The van der Waals surface area contributed by atoms with Crippen LogP contribution in [0.25, 0.3) is 0 Å². The SMILES string of the molecule is CC(C)(Cc1ccccc1)NCC1CCCNC1. The molecule has 2 rings (SSSR count). The topological polar surface area (TPSA) is 24.1 Å². The summed E-state index contributed by atoms with van der Waals surface area (Å²) in [6, 6.07) is 10.8. The van der Waals surface area contributed by atoms with E-state index >= 15 is 0 Å². The average molecular weight is 246 g/mol. The van der Waals surface area contributed by atoms with Crippen molar-refractivity contribution in [3.63, 3.8) is 0 Å². The van der Waals surface area contributed by atoms with E-state index in [1.165, 1.54) is 31.5 Å². The minimum atomic E-state index is 0.179. The van der Waals surface area contributed by atoms with Crippen molar-refractivity contribution in [2.45, 2.75) is 38.6 Å². The summed E-state index contributed by atoms with van der Waals surface area (Å²) < 4.78 is 0. The molecule has 0 aliphatic carbocycles. The van der Waals surface area contributed by atoms with Gasteiger partial charge in [0.25, 0.3) is 0 Å². The normalized spacial score (nSPS) is 20.9. The maximum atomic E-state index is 3.74. The first-order chi connectivity index (χ1) is 8.66.